The number of fused-ring (bicyclic) bond motifs is 1. The summed E-state index contributed by atoms with van der Waals surface area (Å²) in [7, 11) is 0. The van der Waals surface area contributed by atoms with Gasteiger partial charge in [0.05, 0.1) is 5.56 Å². The zero-order chi connectivity index (χ0) is 12.5. The molecule has 0 unspecified atom stereocenters. The third kappa shape index (κ3) is 1.76. The van der Waals surface area contributed by atoms with Gasteiger partial charge in [-0.2, -0.15) is 0 Å². The smallest absolute Gasteiger partial charge is 0.344 e. The van der Waals surface area contributed by atoms with Gasteiger partial charge >= 0.3 is 5.97 Å². The van der Waals surface area contributed by atoms with Crippen molar-refractivity contribution >= 4 is 23.5 Å². The summed E-state index contributed by atoms with van der Waals surface area (Å²) < 4.78 is 5.26. The normalized spacial score (nSPS) is 15.6. The molecule has 3 rings (SSSR count). The lowest BCUT2D eigenvalue weighted by atomic mass is 10.1. The number of anilines is 1. The molecule has 0 atom stereocenters. The highest BCUT2D eigenvalue weighted by Crippen LogP contribution is 2.30. The minimum atomic E-state index is -0.299. The molecular formula is C15H11NO2. The standard InChI is InChI=1S/C15H11NO2/c16-11-7-5-10(6-8-11)9-14-12-3-1-2-4-13(12)15(17)18-14/h1-9H,16H2/b14-9+. The predicted molar refractivity (Wildman–Crippen MR) is 70.6 cm³/mol. The molecule has 0 radical (unpaired) electrons. The highest BCUT2D eigenvalue weighted by Gasteiger charge is 2.25. The molecular weight excluding hydrogens is 226 g/mol. The molecule has 0 spiro atoms. The van der Waals surface area contributed by atoms with E-state index in [0.717, 1.165) is 11.1 Å². The van der Waals surface area contributed by atoms with E-state index in [1.807, 2.05) is 48.5 Å². The fraction of sp³-hybridized carbons (Fsp3) is 0. The molecule has 2 aromatic rings. The van der Waals surface area contributed by atoms with Crippen molar-refractivity contribution in [3.05, 3.63) is 65.2 Å². The SMILES string of the molecule is Nc1ccc(/C=C2/OC(=O)c3ccccc32)cc1. The number of nitrogen functional groups attached to an aromatic ring is 1. The first kappa shape index (κ1) is 10.6. The van der Waals surface area contributed by atoms with Gasteiger partial charge in [-0.25, -0.2) is 4.79 Å². The maximum atomic E-state index is 11.6. The van der Waals surface area contributed by atoms with Crippen LogP contribution in [0.1, 0.15) is 21.5 Å². The van der Waals surface area contributed by atoms with Crippen molar-refractivity contribution in [2.45, 2.75) is 0 Å². The van der Waals surface area contributed by atoms with E-state index >= 15 is 0 Å². The number of esters is 1. The number of hydrogen-bond donors (Lipinski definition) is 1. The molecule has 1 aliphatic rings. The lowest BCUT2D eigenvalue weighted by Gasteiger charge is -1.99. The lowest BCUT2D eigenvalue weighted by molar-refractivity contribution is 0.0717. The van der Waals surface area contributed by atoms with Crippen LogP contribution in [0, 0.1) is 0 Å². The molecule has 0 saturated heterocycles. The van der Waals surface area contributed by atoms with E-state index in [9.17, 15) is 4.79 Å². The van der Waals surface area contributed by atoms with Crippen LogP contribution in [0.2, 0.25) is 0 Å². The minimum Gasteiger partial charge on any atom is -0.422 e. The zero-order valence-electron chi connectivity index (χ0n) is 9.59. The number of nitrogens with two attached hydrogens (primary N) is 1. The van der Waals surface area contributed by atoms with Crippen molar-refractivity contribution in [3.8, 4) is 0 Å². The molecule has 1 aliphatic heterocycles. The third-order valence-electron chi connectivity index (χ3n) is 2.85. The van der Waals surface area contributed by atoms with Gasteiger partial charge in [0.1, 0.15) is 5.76 Å². The number of cyclic esters (lactones) is 1. The Morgan fingerprint density at radius 1 is 0.944 bits per heavy atom. The van der Waals surface area contributed by atoms with Crippen LogP contribution in [0.25, 0.3) is 11.8 Å². The van der Waals surface area contributed by atoms with Gasteiger partial charge in [0.15, 0.2) is 0 Å². The molecule has 0 fully saturated rings. The first-order valence-electron chi connectivity index (χ1n) is 5.63. The topological polar surface area (TPSA) is 52.3 Å². The van der Waals surface area contributed by atoms with Gasteiger partial charge in [0, 0.05) is 11.3 Å². The molecule has 0 amide bonds. The fourth-order valence-corrected chi connectivity index (χ4v) is 1.94. The monoisotopic (exact) mass is 237 g/mol. The summed E-state index contributed by atoms with van der Waals surface area (Å²) in [6.07, 6.45) is 1.84. The molecule has 1 heterocycles. The Morgan fingerprint density at radius 3 is 2.33 bits per heavy atom. The average molecular weight is 237 g/mol. The molecule has 0 bridgehead atoms. The Balaban J connectivity index is 2.04. The van der Waals surface area contributed by atoms with Gasteiger partial charge < -0.3 is 10.5 Å². The van der Waals surface area contributed by atoms with Crippen LogP contribution in [0.3, 0.4) is 0 Å². The summed E-state index contributed by atoms with van der Waals surface area (Å²) in [6.45, 7) is 0. The molecule has 18 heavy (non-hydrogen) atoms. The van der Waals surface area contributed by atoms with Crippen LogP contribution in [-0.4, -0.2) is 5.97 Å². The molecule has 3 heteroatoms. The second kappa shape index (κ2) is 4.04. The highest BCUT2D eigenvalue weighted by molar-refractivity contribution is 6.05. The van der Waals surface area contributed by atoms with E-state index in [1.54, 1.807) is 6.07 Å². The number of benzene rings is 2. The van der Waals surface area contributed by atoms with Crippen molar-refractivity contribution in [3.63, 3.8) is 0 Å². The number of hydrogen-bond acceptors (Lipinski definition) is 3. The number of carbonyl (C=O) groups excluding carboxylic acids is 1. The molecule has 0 saturated carbocycles. The third-order valence-corrected chi connectivity index (χ3v) is 2.85. The summed E-state index contributed by atoms with van der Waals surface area (Å²) >= 11 is 0. The van der Waals surface area contributed by atoms with Gasteiger partial charge in [0.2, 0.25) is 0 Å². The average Bonchev–Trinajstić information content (AvgIpc) is 2.70. The Morgan fingerprint density at radius 2 is 1.61 bits per heavy atom. The Kier molecular flexibility index (Phi) is 2.38. The van der Waals surface area contributed by atoms with Crippen molar-refractivity contribution in [1.29, 1.82) is 0 Å². The molecule has 2 aromatic carbocycles. The minimum absolute atomic E-state index is 0.299. The van der Waals surface area contributed by atoms with E-state index in [1.165, 1.54) is 0 Å². The van der Waals surface area contributed by atoms with Crippen molar-refractivity contribution < 1.29 is 9.53 Å². The number of ether oxygens (including phenoxy) is 1. The first-order valence-corrected chi connectivity index (χ1v) is 5.63. The van der Waals surface area contributed by atoms with Gasteiger partial charge in [-0.05, 0) is 29.8 Å². The molecule has 0 aliphatic carbocycles. The molecule has 2 N–H and O–H groups in total. The van der Waals surface area contributed by atoms with Crippen LogP contribution in [0.4, 0.5) is 5.69 Å². The molecule has 0 aromatic heterocycles. The molecule has 88 valence electrons. The van der Waals surface area contributed by atoms with Crippen molar-refractivity contribution in [1.82, 2.24) is 0 Å². The first-order chi connectivity index (χ1) is 8.74. The van der Waals surface area contributed by atoms with Crippen LogP contribution in [0.5, 0.6) is 0 Å². The van der Waals surface area contributed by atoms with E-state index < -0.39 is 0 Å². The summed E-state index contributed by atoms with van der Waals surface area (Å²) in [6, 6.07) is 14.8. The van der Waals surface area contributed by atoms with Gasteiger partial charge in [-0.3, -0.25) is 0 Å². The summed E-state index contributed by atoms with van der Waals surface area (Å²) in [5.41, 5.74) is 8.73. The Hall–Kier alpha value is -2.55. The number of rotatable bonds is 1. The van der Waals surface area contributed by atoms with E-state index in [0.29, 0.717) is 17.0 Å². The predicted octanol–water partition coefficient (Wildman–Crippen LogP) is 2.94. The number of carbonyl (C=O) groups is 1. The van der Waals surface area contributed by atoms with Gasteiger partial charge in [-0.1, -0.05) is 30.3 Å². The van der Waals surface area contributed by atoms with Crippen molar-refractivity contribution in [2.75, 3.05) is 5.73 Å². The van der Waals surface area contributed by atoms with E-state index in [4.69, 9.17) is 10.5 Å². The summed E-state index contributed by atoms with van der Waals surface area (Å²) in [5.74, 6) is 0.285. The Bertz CT molecular complexity index is 642. The quantitative estimate of drug-likeness (QED) is 0.612. The largest absolute Gasteiger partial charge is 0.422 e. The van der Waals surface area contributed by atoms with Crippen LogP contribution in [-0.2, 0) is 4.74 Å². The van der Waals surface area contributed by atoms with Gasteiger partial charge in [0.25, 0.3) is 0 Å². The van der Waals surface area contributed by atoms with Crippen LogP contribution in [0.15, 0.2) is 48.5 Å². The van der Waals surface area contributed by atoms with Gasteiger partial charge in [-0.15, -0.1) is 0 Å². The second-order valence-electron chi connectivity index (χ2n) is 4.11. The fourth-order valence-electron chi connectivity index (χ4n) is 1.94. The second-order valence-corrected chi connectivity index (χ2v) is 4.11. The molecule has 3 nitrogen and oxygen atoms in total. The van der Waals surface area contributed by atoms with E-state index in [-0.39, 0.29) is 5.97 Å². The highest BCUT2D eigenvalue weighted by atomic mass is 16.5. The van der Waals surface area contributed by atoms with Crippen molar-refractivity contribution in [2.24, 2.45) is 0 Å². The van der Waals surface area contributed by atoms with E-state index in [2.05, 4.69) is 0 Å². The lowest BCUT2D eigenvalue weighted by Crippen LogP contribution is -1.92. The summed E-state index contributed by atoms with van der Waals surface area (Å²) in [5, 5.41) is 0. The summed E-state index contributed by atoms with van der Waals surface area (Å²) in [4.78, 5) is 11.6. The zero-order valence-corrected chi connectivity index (χ0v) is 9.59. The maximum absolute atomic E-state index is 11.6. The Labute approximate surface area is 105 Å². The van der Waals surface area contributed by atoms with Crippen LogP contribution < -0.4 is 5.73 Å². The van der Waals surface area contributed by atoms with Crippen LogP contribution >= 0.6 is 0 Å². The maximum Gasteiger partial charge on any atom is 0.344 e.